The van der Waals surface area contributed by atoms with Crippen LogP contribution in [0.5, 0.6) is 0 Å². The molecule has 0 aliphatic carbocycles. The van der Waals surface area contributed by atoms with Crippen molar-refractivity contribution >= 4 is 27.6 Å². The number of nitrogens with one attached hydrogen (secondary N) is 2. The summed E-state index contributed by atoms with van der Waals surface area (Å²) in [5.41, 5.74) is 0. The van der Waals surface area contributed by atoms with Crippen LogP contribution in [-0.4, -0.2) is 38.0 Å². The minimum atomic E-state index is -3.42. The van der Waals surface area contributed by atoms with Crippen molar-refractivity contribution in [3.63, 3.8) is 0 Å². The number of hydrogen-bond donors (Lipinski definition) is 2. The number of sulfonamides is 1. The van der Waals surface area contributed by atoms with E-state index in [0.29, 0.717) is 5.82 Å². The number of rotatable bonds is 4. The van der Waals surface area contributed by atoms with Gasteiger partial charge in [-0.25, -0.2) is 18.1 Å². The molecular weight excluding hydrogens is 258 g/mol. The van der Waals surface area contributed by atoms with Gasteiger partial charge in [-0.05, 0) is 18.2 Å². The van der Waals surface area contributed by atoms with Gasteiger partial charge in [0, 0.05) is 31.1 Å². The van der Waals surface area contributed by atoms with Crippen molar-refractivity contribution in [2.24, 2.45) is 0 Å². The van der Waals surface area contributed by atoms with Crippen LogP contribution in [0.15, 0.2) is 23.2 Å². The van der Waals surface area contributed by atoms with E-state index in [9.17, 15) is 8.42 Å². The molecule has 94 valence electrons. The fourth-order valence-electron chi connectivity index (χ4n) is 1.63. The van der Waals surface area contributed by atoms with Crippen LogP contribution in [-0.2, 0) is 10.0 Å². The van der Waals surface area contributed by atoms with Crippen LogP contribution in [0.2, 0.25) is 0 Å². The van der Waals surface area contributed by atoms with Gasteiger partial charge in [0.25, 0.3) is 0 Å². The average Bonchev–Trinajstić information content (AvgIpc) is 2.81. The Labute approximate surface area is 105 Å². The highest BCUT2D eigenvalue weighted by Crippen LogP contribution is 2.20. The van der Waals surface area contributed by atoms with E-state index in [1.165, 1.54) is 18.3 Å². The molecule has 0 amide bonds. The topological polar surface area (TPSA) is 71.1 Å². The number of aromatic nitrogens is 1. The standard InChI is InChI=1S/C10H15N3O2S2/c1-11-10-6-9(2-4-12-10)17(14,15)13-8-3-5-16-7-8/h2,4,6,8,13H,3,5,7H2,1H3,(H,11,12). The first-order chi connectivity index (χ1) is 8.12. The van der Waals surface area contributed by atoms with Crippen LogP contribution in [0.25, 0.3) is 0 Å². The van der Waals surface area contributed by atoms with Gasteiger partial charge in [-0.3, -0.25) is 0 Å². The molecule has 0 spiro atoms. The molecule has 2 N–H and O–H groups in total. The highest BCUT2D eigenvalue weighted by atomic mass is 32.2. The highest BCUT2D eigenvalue weighted by Gasteiger charge is 2.23. The summed E-state index contributed by atoms with van der Waals surface area (Å²) in [6.07, 6.45) is 2.39. The summed E-state index contributed by atoms with van der Waals surface area (Å²) < 4.78 is 26.9. The van der Waals surface area contributed by atoms with Gasteiger partial charge in [0.05, 0.1) is 4.90 Å². The summed E-state index contributed by atoms with van der Waals surface area (Å²) in [4.78, 5) is 4.25. The van der Waals surface area contributed by atoms with E-state index in [-0.39, 0.29) is 10.9 Å². The van der Waals surface area contributed by atoms with E-state index in [2.05, 4.69) is 15.0 Å². The second kappa shape index (κ2) is 5.24. The van der Waals surface area contributed by atoms with Crippen LogP contribution < -0.4 is 10.0 Å². The first kappa shape index (κ1) is 12.7. The first-order valence-corrected chi connectivity index (χ1v) is 7.99. The molecular formula is C10H15N3O2S2. The molecule has 2 heterocycles. The van der Waals surface area contributed by atoms with Crippen LogP contribution in [0.1, 0.15) is 6.42 Å². The molecule has 1 aliphatic heterocycles. The minimum absolute atomic E-state index is 0.0520. The van der Waals surface area contributed by atoms with Gasteiger partial charge in [0.15, 0.2) is 0 Å². The Morgan fingerprint density at radius 3 is 3.00 bits per heavy atom. The third kappa shape index (κ3) is 3.11. The quantitative estimate of drug-likeness (QED) is 0.853. The summed E-state index contributed by atoms with van der Waals surface area (Å²) in [5.74, 6) is 2.42. The molecule has 17 heavy (non-hydrogen) atoms. The van der Waals surface area contributed by atoms with Crippen molar-refractivity contribution in [2.45, 2.75) is 17.4 Å². The Morgan fingerprint density at radius 2 is 2.35 bits per heavy atom. The molecule has 1 atom stereocenters. The van der Waals surface area contributed by atoms with Crippen molar-refractivity contribution < 1.29 is 8.42 Å². The monoisotopic (exact) mass is 273 g/mol. The zero-order chi connectivity index (χ0) is 12.3. The smallest absolute Gasteiger partial charge is 0.241 e. The maximum absolute atomic E-state index is 12.1. The van der Waals surface area contributed by atoms with E-state index in [4.69, 9.17) is 0 Å². The minimum Gasteiger partial charge on any atom is -0.373 e. The molecule has 0 saturated carbocycles. The average molecular weight is 273 g/mol. The normalized spacial score (nSPS) is 20.4. The lowest BCUT2D eigenvalue weighted by Gasteiger charge is -2.12. The molecule has 1 aliphatic rings. The van der Waals surface area contributed by atoms with Crippen LogP contribution in [0.3, 0.4) is 0 Å². The molecule has 1 saturated heterocycles. The van der Waals surface area contributed by atoms with Gasteiger partial charge < -0.3 is 5.32 Å². The lowest BCUT2D eigenvalue weighted by molar-refractivity contribution is 0.563. The fraction of sp³-hybridized carbons (Fsp3) is 0.500. The van der Waals surface area contributed by atoms with E-state index >= 15 is 0 Å². The van der Waals surface area contributed by atoms with E-state index in [1.807, 2.05) is 0 Å². The van der Waals surface area contributed by atoms with Gasteiger partial charge in [0.2, 0.25) is 10.0 Å². The molecule has 5 nitrogen and oxygen atoms in total. The third-order valence-corrected chi connectivity index (χ3v) is 5.23. The lowest BCUT2D eigenvalue weighted by Crippen LogP contribution is -2.34. The molecule has 1 aromatic rings. The zero-order valence-corrected chi connectivity index (χ0v) is 11.1. The highest BCUT2D eigenvalue weighted by molar-refractivity contribution is 7.99. The maximum Gasteiger partial charge on any atom is 0.241 e. The number of anilines is 1. The van der Waals surface area contributed by atoms with Gasteiger partial charge in [-0.15, -0.1) is 0 Å². The zero-order valence-electron chi connectivity index (χ0n) is 9.51. The van der Waals surface area contributed by atoms with Gasteiger partial charge in [0.1, 0.15) is 5.82 Å². The second-order valence-electron chi connectivity index (χ2n) is 3.81. The van der Waals surface area contributed by atoms with Crippen LogP contribution >= 0.6 is 11.8 Å². The predicted octanol–water partition coefficient (Wildman–Crippen LogP) is 0.907. The molecule has 1 fully saturated rings. The Morgan fingerprint density at radius 1 is 1.53 bits per heavy atom. The summed E-state index contributed by atoms with van der Waals surface area (Å²) in [6, 6.07) is 3.09. The molecule has 0 aromatic carbocycles. The molecule has 2 rings (SSSR count). The van der Waals surface area contributed by atoms with E-state index in [0.717, 1.165) is 17.9 Å². The predicted molar refractivity (Wildman–Crippen MR) is 69.8 cm³/mol. The van der Waals surface area contributed by atoms with Crippen LogP contribution in [0.4, 0.5) is 5.82 Å². The number of thioether (sulfide) groups is 1. The largest absolute Gasteiger partial charge is 0.373 e. The number of nitrogens with zero attached hydrogens (tertiary/aromatic N) is 1. The summed E-state index contributed by atoms with van der Waals surface area (Å²) in [6.45, 7) is 0. The fourth-order valence-corrected chi connectivity index (χ4v) is 4.17. The molecule has 0 bridgehead atoms. The van der Waals surface area contributed by atoms with E-state index in [1.54, 1.807) is 18.8 Å². The maximum atomic E-state index is 12.1. The van der Waals surface area contributed by atoms with Crippen molar-refractivity contribution in [3.8, 4) is 0 Å². The molecule has 1 aromatic heterocycles. The molecule has 7 heteroatoms. The first-order valence-electron chi connectivity index (χ1n) is 5.36. The number of pyridine rings is 1. The summed E-state index contributed by atoms with van der Waals surface area (Å²) in [5, 5.41) is 2.83. The Kier molecular flexibility index (Phi) is 3.90. The van der Waals surface area contributed by atoms with Crippen molar-refractivity contribution in [1.82, 2.24) is 9.71 Å². The van der Waals surface area contributed by atoms with Crippen LogP contribution in [0, 0.1) is 0 Å². The van der Waals surface area contributed by atoms with Gasteiger partial charge >= 0.3 is 0 Å². The Bertz CT molecular complexity index is 484. The van der Waals surface area contributed by atoms with Crippen molar-refractivity contribution in [1.29, 1.82) is 0 Å². The Hall–Kier alpha value is -0.790. The SMILES string of the molecule is CNc1cc(S(=O)(=O)NC2CCSC2)ccn1. The molecule has 1 unspecified atom stereocenters. The second-order valence-corrected chi connectivity index (χ2v) is 6.67. The third-order valence-electron chi connectivity index (χ3n) is 2.55. The van der Waals surface area contributed by atoms with E-state index < -0.39 is 10.0 Å². The molecule has 0 radical (unpaired) electrons. The van der Waals surface area contributed by atoms with Gasteiger partial charge in [-0.2, -0.15) is 11.8 Å². The Balaban J connectivity index is 2.18. The lowest BCUT2D eigenvalue weighted by atomic mass is 10.3. The number of hydrogen-bond acceptors (Lipinski definition) is 5. The van der Waals surface area contributed by atoms with Crippen molar-refractivity contribution in [3.05, 3.63) is 18.3 Å². The van der Waals surface area contributed by atoms with Crippen molar-refractivity contribution in [2.75, 3.05) is 23.9 Å². The van der Waals surface area contributed by atoms with Gasteiger partial charge in [-0.1, -0.05) is 0 Å². The summed E-state index contributed by atoms with van der Waals surface area (Å²) in [7, 11) is -1.71. The summed E-state index contributed by atoms with van der Waals surface area (Å²) >= 11 is 1.77.